The molecule has 0 bridgehead atoms. The van der Waals surface area contributed by atoms with E-state index >= 15 is 0 Å². The zero-order valence-corrected chi connectivity index (χ0v) is 13.0. The Balaban J connectivity index is 2.04. The van der Waals surface area contributed by atoms with Gasteiger partial charge in [0.25, 0.3) is 0 Å². The fraction of sp³-hybridized carbons (Fsp3) is 0.438. The van der Waals surface area contributed by atoms with Crippen molar-refractivity contribution in [2.45, 2.75) is 33.0 Å². The summed E-state index contributed by atoms with van der Waals surface area (Å²) in [6.45, 7) is 5.21. The van der Waals surface area contributed by atoms with E-state index in [0.717, 1.165) is 22.8 Å². The largest absolute Gasteiger partial charge is 0.496 e. The Kier molecular flexibility index (Phi) is 5.36. The Labute approximate surface area is 125 Å². The average Bonchev–Trinajstić information content (AvgIpc) is 2.90. The molecule has 0 aliphatic heterocycles. The molecule has 21 heavy (non-hydrogen) atoms. The van der Waals surface area contributed by atoms with E-state index in [-0.39, 0.29) is 6.04 Å². The van der Waals surface area contributed by atoms with Crippen LogP contribution in [0.2, 0.25) is 0 Å². The normalized spacial score (nSPS) is 12.4. The first-order chi connectivity index (χ1) is 10.1. The molecule has 2 aromatic rings. The Bertz CT molecular complexity index is 581. The smallest absolute Gasteiger partial charge is 0.133 e. The van der Waals surface area contributed by atoms with Crippen LogP contribution in [0.1, 0.15) is 35.5 Å². The van der Waals surface area contributed by atoms with Crippen LogP contribution in [0.4, 0.5) is 0 Å². The SMILES string of the molecule is COCc1cc(C(C)NCc2cc(C)on2)ccc1OC. The third kappa shape index (κ3) is 4.06. The van der Waals surface area contributed by atoms with E-state index in [1.807, 2.05) is 19.1 Å². The lowest BCUT2D eigenvalue weighted by molar-refractivity contribution is 0.181. The summed E-state index contributed by atoms with van der Waals surface area (Å²) in [7, 11) is 3.35. The summed E-state index contributed by atoms with van der Waals surface area (Å²) in [4.78, 5) is 0. The second-order valence-corrected chi connectivity index (χ2v) is 5.04. The van der Waals surface area contributed by atoms with Crippen molar-refractivity contribution in [3.63, 3.8) is 0 Å². The van der Waals surface area contributed by atoms with Crippen molar-refractivity contribution < 1.29 is 14.0 Å². The van der Waals surface area contributed by atoms with E-state index in [1.165, 1.54) is 5.56 Å². The number of ether oxygens (including phenoxy) is 2. The van der Waals surface area contributed by atoms with Gasteiger partial charge >= 0.3 is 0 Å². The Hall–Kier alpha value is -1.85. The van der Waals surface area contributed by atoms with Gasteiger partial charge in [0.05, 0.1) is 19.4 Å². The molecular formula is C16H22N2O3. The highest BCUT2D eigenvalue weighted by molar-refractivity contribution is 5.38. The van der Waals surface area contributed by atoms with Gasteiger partial charge in [0, 0.05) is 31.3 Å². The van der Waals surface area contributed by atoms with Crippen molar-refractivity contribution in [3.05, 3.63) is 46.8 Å². The highest BCUT2D eigenvalue weighted by Gasteiger charge is 2.10. The van der Waals surface area contributed by atoms with Gasteiger partial charge in [0.2, 0.25) is 0 Å². The monoisotopic (exact) mass is 290 g/mol. The minimum Gasteiger partial charge on any atom is -0.496 e. The number of aryl methyl sites for hydroxylation is 1. The summed E-state index contributed by atoms with van der Waals surface area (Å²) in [5.74, 6) is 1.67. The maximum Gasteiger partial charge on any atom is 0.133 e. The summed E-state index contributed by atoms with van der Waals surface area (Å²) in [6, 6.07) is 8.27. The lowest BCUT2D eigenvalue weighted by atomic mass is 10.0. The molecule has 0 amide bonds. The van der Waals surface area contributed by atoms with E-state index in [4.69, 9.17) is 14.0 Å². The molecule has 1 aromatic carbocycles. The van der Waals surface area contributed by atoms with Crippen LogP contribution >= 0.6 is 0 Å². The minimum absolute atomic E-state index is 0.198. The first-order valence-electron chi connectivity index (χ1n) is 6.95. The van der Waals surface area contributed by atoms with Gasteiger partial charge in [-0.25, -0.2) is 0 Å². The maximum atomic E-state index is 5.34. The molecule has 2 rings (SSSR count). The maximum absolute atomic E-state index is 5.34. The predicted octanol–water partition coefficient (Wildman–Crippen LogP) is 2.99. The molecular weight excluding hydrogens is 268 g/mol. The van der Waals surface area contributed by atoms with E-state index in [9.17, 15) is 0 Å². The molecule has 0 aliphatic carbocycles. The van der Waals surface area contributed by atoms with E-state index in [0.29, 0.717) is 13.2 Å². The number of hydrogen-bond acceptors (Lipinski definition) is 5. The molecule has 0 aliphatic rings. The molecule has 0 spiro atoms. The summed E-state index contributed by atoms with van der Waals surface area (Å²) in [5.41, 5.74) is 3.14. The molecule has 1 aromatic heterocycles. The predicted molar refractivity (Wildman–Crippen MR) is 80.2 cm³/mol. The fourth-order valence-electron chi connectivity index (χ4n) is 2.21. The first kappa shape index (κ1) is 15.5. The molecule has 5 heteroatoms. The van der Waals surface area contributed by atoms with E-state index in [2.05, 4.69) is 29.5 Å². The number of hydrogen-bond donors (Lipinski definition) is 1. The van der Waals surface area contributed by atoms with Crippen LogP contribution in [0.25, 0.3) is 0 Å². The molecule has 0 radical (unpaired) electrons. The summed E-state index contributed by atoms with van der Waals surface area (Å²) < 4.78 is 15.6. The molecule has 1 N–H and O–H groups in total. The van der Waals surface area contributed by atoms with Crippen molar-refractivity contribution in [1.29, 1.82) is 0 Å². The Morgan fingerprint density at radius 3 is 2.71 bits per heavy atom. The van der Waals surface area contributed by atoms with Crippen LogP contribution in [0.5, 0.6) is 5.75 Å². The zero-order chi connectivity index (χ0) is 15.2. The molecule has 1 heterocycles. The van der Waals surface area contributed by atoms with Gasteiger partial charge in [0.1, 0.15) is 11.5 Å². The molecule has 0 saturated heterocycles. The lowest BCUT2D eigenvalue weighted by Crippen LogP contribution is -2.18. The van der Waals surface area contributed by atoms with E-state index < -0.39 is 0 Å². The molecule has 1 unspecified atom stereocenters. The van der Waals surface area contributed by atoms with Gasteiger partial charge in [-0.3, -0.25) is 0 Å². The number of nitrogens with zero attached hydrogens (tertiary/aromatic N) is 1. The van der Waals surface area contributed by atoms with Gasteiger partial charge in [-0.15, -0.1) is 0 Å². The molecule has 0 fully saturated rings. The van der Waals surface area contributed by atoms with Gasteiger partial charge < -0.3 is 19.3 Å². The van der Waals surface area contributed by atoms with Gasteiger partial charge in [-0.1, -0.05) is 11.2 Å². The second kappa shape index (κ2) is 7.24. The van der Waals surface area contributed by atoms with Gasteiger partial charge in [-0.2, -0.15) is 0 Å². The quantitative estimate of drug-likeness (QED) is 0.849. The van der Waals surface area contributed by atoms with Crippen LogP contribution in [0.15, 0.2) is 28.8 Å². The molecule has 114 valence electrons. The average molecular weight is 290 g/mol. The third-order valence-corrected chi connectivity index (χ3v) is 3.37. The fourth-order valence-corrected chi connectivity index (χ4v) is 2.21. The van der Waals surface area contributed by atoms with Crippen LogP contribution in [0.3, 0.4) is 0 Å². The first-order valence-corrected chi connectivity index (χ1v) is 6.95. The third-order valence-electron chi connectivity index (χ3n) is 3.37. The van der Waals surface area contributed by atoms with Crippen molar-refractivity contribution in [2.24, 2.45) is 0 Å². The van der Waals surface area contributed by atoms with Crippen LogP contribution in [0, 0.1) is 6.92 Å². The molecule has 0 saturated carbocycles. The number of methoxy groups -OCH3 is 2. The molecule has 5 nitrogen and oxygen atoms in total. The van der Waals surface area contributed by atoms with Crippen molar-refractivity contribution in [1.82, 2.24) is 10.5 Å². The molecule has 1 atom stereocenters. The van der Waals surface area contributed by atoms with Crippen LogP contribution < -0.4 is 10.1 Å². The summed E-state index contributed by atoms with van der Waals surface area (Å²) in [6.07, 6.45) is 0. The lowest BCUT2D eigenvalue weighted by Gasteiger charge is -2.16. The zero-order valence-electron chi connectivity index (χ0n) is 13.0. The number of aromatic nitrogens is 1. The van der Waals surface area contributed by atoms with Crippen molar-refractivity contribution in [2.75, 3.05) is 14.2 Å². The highest BCUT2D eigenvalue weighted by Crippen LogP contribution is 2.24. The van der Waals surface area contributed by atoms with Crippen LogP contribution in [-0.4, -0.2) is 19.4 Å². The number of rotatable bonds is 7. The van der Waals surface area contributed by atoms with Crippen molar-refractivity contribution >= 4 is 0 Å². The Morgan fingerprint density at radius 2 is 2.10 bits per heavy atom. The topological polar surface area (TPSA) is 56.5 Å². The number of nitrogens with one attached hydrogen (secondary N) is 1. The van der Waals surface area contributed by atoms with Gasteiger partial charge in [-0.05, 0) is 31.5 Å². The van der Waals surface area contributed by atoms with E-state index in [1.54, 1.807) is 14.2 Å². The number of benzene rings is 1. The van der Waals surface area contributed by atoms with Crippen molar-refractivity contribution in [3.8, 4) is 5.75 Å². The summed E-state index contributed by atoms with van der Waals surface area (Å²) in [5, 5.41) is 7.41. The Morgan fingerprint density at radius 1 is 1.29 bits per heavy atom. The van der Waals surface area contributed by atoms with Crippen LogP contribution in [-0.2, 0) is 17.9 Å². The summed E-state index contributed by atoms with van der Waals surface area (Å²) >= 11 is 0. The second-order valence-electron chi connectivity index (χ2n) is 5.04. The standard InChI is InChI=1S/C16H22N2O3/c1-11-7-15(18-21-11)9-17-12(2)13-5-6-16(20-4)14(8-13)10-19-3/h5-8,12,17H,9-10H2,1-4H3. The van der Waals surface area contributed by atoms with Gasteiger partial charge in [0.15, 0.2) is 0 Å². The minimum atomic E-state index is 0.198. The highest BCUT2D eigenvalue weighted by atomic mass is 16.5.